The molecule has 0 unspecified atom stereocenters. The molecular weight excluding hydrogens is 326 g/mol. The number of nitrogens with one attached hydrogen (secondary N) is 1. The number of hydrogen-bond acceptors (Lipinski definition) is 3. The molecule has 5 rings (SSSR count). The molecule has 4 heterocycles. The summed E-state index contributed by atoms with van der Waals surface area (Å²) in [4.78, 5) is 26.9. The molecule has 3 aromatic heterocycles. The van der Waals surface area contributed by atoms with E-state index in [1.165, 1.54) is 0 Å². The number of benzene rings is 1. The zero-order valence-electron chi connectivity index (χ0n) is 14.3. The van der Waals surface area contributed by atoms with E-state index in [-0.39, 0.29) is 11.9 Å². The minimum Gasteiger partial charge on any atom is -0.346 e. The number of pyridine rings is 1. The van der Waals surface area contributed by atoms with Crippen LogP contribution < -0.4 is 0 Å². The lowest BCUT2D eigenvalue weighted by Gasteiger charge is -2.33. The molecule has 1 aliphatic rings. The lowest BCUT2D eigenvalue weighted by Crippen LogP contribution is -2.40. The molecule has 1 aromatic carbocycles. The monoisotopic (exact) mass is 345 g/mol. The molecule has 1 aliphatic heterocycles. The van der Waals surface area contributed by atoms with Gasteiger partial charge in [-0.15, -0.1) is 0 Å². The predicted octanol–water partition coefficient (Wildman–Crippen LogP) is 3.39. The highest BCUT2D eigenvalue weighted by Crippen LogP contribution is 2.29. The average Bonchev–Trinajstić information content (AvgIpc) is 3.34. The lowest BCUT2D eigenvalue weighted by molar-refractivity contribution is 0.0681. The molecule has 1 atom stereocenters. The number of nitrogens with zero attached hydrogens (tertiary/aromatic N) is 4. The number of carbonyl (C=O) groups excluding carboxylic acids is 1. The van der Waals surface area contributed by atoms with Crippen LogP contribution in [0.1, 0.15) is 29.2 Å². The first-order valence-electron chi connectivity index (χ1n) is 8.94. The molecule has 0 aliphatic carbocycles. The number of aromatic nitrogens is 4. The van der Waals surface area contributed by atoms with E-state index in [1.807, 2.05) is 53.8 Å². The highest BCUT2D eigenvalue weighted by atomic mass is 16.2. The molecule has 0 spiro atoms. The highest BCUT2D eigenvalue weighted by Gasteiger charge is 2.27. The standard InChI is InChI=1S/C20H19N5O/c26-20(14-5-2-1-3-6-14)24-10-4-7-15(12-24)25-13-23-17-11-22-19-16(18(17)25)8-9-21-19/h1-3,5-6,8-9,11,13,15H,4,7,10,12H2,(H,21,22)/t15-/m1/s1. The number of likely N-dealkylation sites (tertiary alicyclic amines) is 1. The van der Waals surface area contributed by atoms with E-state index in [0.29, 0.717) is 6.54 Å². The minimum atomic E-state index is 0.105. The van der Waals surface area contributed by atoms with E-state index in [0.717, 1.165) is 47.0 Å². The maximum atomic E-state index is 12.8. The van der Waals surface area contributed by atoms with Crippen LogP contribution in [0.3, 0.4) is 0 Å². The van der Waals surface area contributed by atoms with Crippen molar-refractivity contribution in [2.45, 2.75) is 18.9 Å². The molecule has 0 bridgehead atoms. The Morgan fingerprint density at radius 1 is 1.15 bits per heavy atom. The van der Waals surface area contributed by atoms with E-state index in [4.69, 9.17) is 0 Å². The normalized spacial score (nSPS) is 17.8. The Balaban J connectivity index is 1.50. The summed E-state index contributed by atoms with van der Waals surface area (Å²) in [5, 5.41) is 1.08. The third-order valence-electron chi connectivity index (χ3n) is 5.22. The largest absolute Gasteiger partial charge is 0.346 e. The molecule has 130 valence electrons. The van der Waals surface area contributed by atoms with Gasteiger partial charge in [-0.05, 0) is 31.0 Å². The number of H-pyrrole nitrogens is 1. The van der Waals surface area contributed by atoms with Crippen molar-refractivity contribution in [3.63, 3.8) is 0 Å². The van der Waals surface area contributed by atoms with Gasteiger partial charge in [-0.2, -0.15) is 0 Å². The summed E-state index contributed by atoms with van der Waals surface area (Å²) < 4.78 is 2.22. The Bertz CT molecular complexity index is 1080. The van der Waals surface area contributed by atoms with E-state index in [9.17, 15) is 4.79 Å². The first-order chi connectivity index (χ1) is 12.8. The van der Waals surface area contributed by atoms with Gasteiger partial charge >= 0.3 is 0 Å². The number of imidazole rings is 1. The van der Waals surface area contributed by atoms with E-state index in [2.05, 4.69) is 19.5 Å². The second kappa shape index (κ2) is 5.98. The fourth-order valence-electron chi connectivity index (χ4n) is 3.94. The lowest BCUT2D eigenvalue weighted by atomic mass is 10.0. The van der Waals surface area contributed by atoms with Crippen LogP contribution in [0.2, 0.25) is 0 Å². The Morgan fingerprint density at radius 2 is 2.04 bits per heavy atom. The fraction of sp³-hybridized carbons (Fsp3) is 0.250. The van der Waals surface area contributed by atoms with Gasteiger partial charge in [0.15, 0.2) is 0 Å². The van der Waals surface area contributed by atoms with Gasteiger partial charge in [-0.3, -0.25) is 4.79 Å². The van der Waals surface area contributed by atoms with E-state index < -0.39 is 0 Å². The molecule has 0 radical (unpaired) electrons. The molecule has 1 amide bonds. The van der Waals surface area contributed by atoms with Gasteiger partial charge < -0.3 is 14.5 Å². The van der Waals surface area contributed by atoms with Crippen molar-refractivity contribution in [1.29, 1.82) is 0 Å². The molecule has 4 aromatic rings. The average molecular weight is 345 g/mol. The molecular formula is C20H19N5O. The number of aromatic amines is 1. The molecule has 1 saturated heterocycles. The van der Waals surface area contributed by atoms with Crippen LogP contribution in [0.5, 0.6) is 0 Å². The fourth-order valence-corrected chi connectivity index (χ4v) is 3.94. The van der Waals surface area contributed by atoms with Gasteiger partial charge in [0.25, 0.3) is 5.91 Å². The van der Waals surface area contributed by atoms with Crippen LogP contribution in [-0.2, 0) is 0 Å². The summed E-state index contributed by atoms with van der Waals surface area (Å²) in [6.45, 7) is 1.51. The van der Waals surface area contributed by atoms with Crippen LogP contribution in [0.4, 0.5) is 0 Å². The summed E-state index contributed by atoms with van der Waals surface area (Å²) in [7, 11) is 0. The first-order valence-corrected chi connectivity index (χ1v) is 8.94. The molecule has 6 heteroatoms. The van der Waals surface area contributed by atoms with Crippen molar-refractivity contribution in [3.8, 4) is 0 Å². The van der Waals surface area contributed by atoms with Crippen molar-refractivity contribution < 1.29 is 4.79 Å². The molecule has 0 saturated carbocycles. The van der Waals surface area contributed by atoms with Crippen LogP contribution in [-0.4, -0.2) is 43.4 Å². The third-order valence-corrected chi connectivity index (χ3v) is 5.22. The van der Waals surface area contributed by atoms with Gasteiger partial charge in [0.05, 0.1) is 24.1 Å². The summed E-state index contributed by atoms with van der Waals surface area (Å²) in [5.74, 6) is 0.105. The quantitative estimate of drug-likeness (QED) is 0.605. The Labute approximate surface area is 150 Å². The van der Waals surface area contributed by atoms with Gasteiger partial charge in [-0.25, -0.2) is 9.97 Å². The number of hydrogen-bond donors (Lipinski definition) is 1. The molecule has 6 nitrogen and oxygen atoms in total. The number of amides is 1. The summed E-state index contributed by atoms with van der Waals surface area (Å²) in [5.41, 5.74) is 3.60. The van der Waals surface area contributed by atoms with Crippen molar-refractivity contribution in [2.24, 2.45) is 0 Å². The van der Waals surface area contributed by atoms with Gasteiger partial charge in [-0.1, -0.05) is 18.2 Å². The zero-order chi connectivity index (χ0) is 17.5. The van der Waals surface area contributed by atoms with E-state index >= 15 is 0 Å². The van der Waals surface area contributed by atoms with Crippen LogP contribution in [0, 0.1) is 0 Å². The van der Waals surface area contributed by atoms with Crippen LogP contribution >= 0.6 is 0 Å². The minimum absolute atomic E-state index is 0.105. The summed E-state index contributed by atoms with van der Waals surface area (Å²) in [6.07, 6.45) is 7.63. The number of rotatable bonds is 2. The molecule has 1 N–H and O–H groups in total. The topological polar surface area (TPSA) is 66.8 Å². The van der Waals surface area contributed by atoms with Crippen LogP contribution in [0.25, 0.3) is 22.1 Å². The second-order valence-electron chi connectivity index (χ2n) is 6.80. The number of piperidine rings is 1. The Kier molecular flexibility index (Phi) is 3.48. The SMILES string of the molecule is O=C(c1ccccc1)N1CCC[C@@H](n2cnc3cnc4[nH]ccc4c32)C1. The zero-order valence-corrected chi connectivity index (χ0v) is 14.3. The van der Waals surface area contributed by atoms with Gasteiger partial charge in [0, 0.05) is 30.2 Å². The van der Waals surface area contributed by atoms with Crippen LogP contribution in [0.15, 0.2) is 55.1 Å². The van der Waals surface area contributed by atoms with E-state index in [1.54, 1.807) is 6.20 Å². The highest BCUT2D eigenvalue weighted by molar-refractivity contribution is 6.01. The Hall–Kier alpha value is -3.15. The summed E-state index contributed by atoms with van der Waals surface area (Å²) >= 11 is 0. The number of carbonyl (C=O) groups is 1. The van der Waals surface area contributed by atoms with Gasteiger partial charge in [0.1, 0.15) is 11.2 Å². The van der Waals surface area contributed by atoms with Crippen molar-refractivity contribution in [1.82, 2.24) is 24.4 Å². The number of fused-ring (bicyclic) bond motifs is 3. The molecule has 1 fully saturated rings. The maximum absolute atomic E-state index is 12.8. The Morgan fingerprint density at radius 3 is 2.92 bits per heavy atom. The van der Waals surface area contributed by atoms with Crippen molar-refractivity contribution >= 4 is 28.0 Å². The smallest absolute Gasteiger partial charge is 0.253 e. The second-order valence-corrected chi connectivity index (χ2v) is 6.80. The predicted molar refractivity (Wildman–Crippen MR) is 100 cm³/mol. The maximum Gasteiger partial charge on any atom is 0.253 e. The first kappa shape index (κ1) is 15.1. The third kappa shape index (κ3) is 2.37. The van der Waals surface area contributed by atoms with Gasteiger partial charge in [0.2, 0.25) is 0 Å². The van der Waals surface area contributed by atoms with Crippen molar-refractivity contribution in [3.05, 3.63) is 60.7 Å². The molecule has 26 heavy (non-hydrogen) atoms. The van der Waals surface area contributed by atoms with Crippen molar-refractivity contribution in [2.75, 3.05) is 13.1 Å². The summed E-state index contributed by atoms with van der Waals surface area (Å²) in [6, 6.07) is 11.8.